The van der Waals surface area contributed by atoms with Crippen LogP contribution in [-0.4, -0.2) is 18.9 Å². The maximum atomic E-state index is 11.8. The van der Waals surface area contributed by atoms with Gasteiger partial charge in [-0.3, -0.25) is 4.79 Å². The van der Waals surface area contributed by atoms with E-state index in [1.807, 2.05) is 0 Å². The Hall–Kier alpha value is -0.570. The molecule has 17 heavy (non-hydrogen) atoms. The molecule has 1 N–H and O–H groups in total. The lowest BCUT2D eigenvalue weighted by Crippen LogP contribution is -2.25. The summed E-state index contributed by atoms with van der Waals surface area (Å²) in [5, 5.41) is 4.07. The Kier molecular flexibility index (Phi) is 5.96. The number of hydrogen-bond donors (Lipinski definition) is 1. The minimum absolute atomic E-state index is 0.00424. The van der Waals surface area contributed by atoms with E-state index in [1.54, 1.807) is 18.2 Å². The predicted molar refractivity (Wildman–Crippen MR) is 73.1 cm³/mol. The molecular formula is C13H17Cl2NO. The van der Waals surface area contributed by atoms with Crippen LogP contribution in [-0.2, 0) is 0 Å². The third-order valence-corrected chi connectivity index (χ3v) is 2.96. The fraction of sp³-hybridized carbons (Fsp3) is 0.462. The Morgan fingerprint density at radius 1 is 1.35 bits per heavy atom. The number of benzene rings is 1. The van der Waals surface area contributed by atoms with Gasteiger partial charge >= 0.3 is 0 Å². The van der Waals surface area contributed by atoms with Crippen LogP contribution in [0.3, 0.4) is 0 Å². The summed E-state index contributed by atoms with van der Waals surface area (Å²) in [4.78, 5) is 11.8. The van der Waals surface area contributed by atoms with Gasteiger partial charge in [-0.25, -0.2) is 0 Å². The molecule has 1 rings (SSSR count). The minimum Gasteiger partial charge on any atom is -0.310 e. The molecule has 0 amide bonds. The van der Waals surface area contributed by atoms with Crippen molar-refractivity contribution in [3.05, 3.63) is 33.8 Å². The van der Waals surface area contributed by atoms with Crippen molar-refractivity contribution in [2.45, 2.75) is 20.3 Å². The van der Waals surface area contributed by atoms with Gasteiger partial charge < -0.3 is 5.32 Å². The highest BCUT2D eigenvalue weighted by atomic mass is 35.5. The van der Waals surface area contributed by atoms with Gasteiger partial charge in [0.2, 0.25) is 0 Å². The summed E-state index contributed by atoms with van der Waals surface area (Å²) in [7, 11) is 0. The van der Waals surface area contributed by atoms with Gasteiger partial charge in [0.05, 0.1) is 11.6 Å². The summed E-state index contributed by atoms with van der Waals surface area (Å²) >= 11 is 11.7. The van der Waals surface area contributed by atoms with Crippen molar-refractivity contribution >= 4 is 29.0 Å². The Balaban J connectivity index is 2.47. The zero-order valence-corrected chi connectivity index (χ0v) is 11.6. The molecule has 2 nitrogen and oxygen atoms in total. The maximum Gasteiger partial charge on any atom is 0.178 e. The molecule has 0 aliphatic heterocycles. The molecule has 0 bridgehead atoms. The predicted octanol–water partition coefficient (Wildman–Crippen LogP) is 3.81. The van der Waals surface area contributed by atoms with Crippen molar-refractivity contribution in [3.8, 4) is 0 Å². The minimum atomic E-state index is -0.00424. The van der Waals surface area contributed by atoms with E-state index >= 15 is 0 Å². The van der Waals surface area contributed by atoms with Crippen LogP contribution in [0.25, 0.3) is 0 Å². The van der Waals surface area contributed by atoms with Gasteiger partial charge in [-0.1, -0.05) is 37.0 Å². The SMILES string of the molecule is CC(C)CCNCC(=O)c1ccc(Cl)cc1Cl. The van der Waals surface area contributed by atoms with Gasteiger partial charge in [0, 0.05) is 10.6 Å². The quantitative estimate of drug-likeness (QED) is 0.631. The normalized spacial score (nSPS) is 10.9. The van der Waals surface area contributed by atoms with Gasteiger partial charge in [0.15, 0.2) is 5.78 Å². The van der Waals surface area contributed by atoms with E-state index in [0.717, 1.165) is 13.0 Å². The molecule has 0 unspecified atom stereocenters. The zero-order valence-electron chi connectivity index (χ0n) is 10.1. The van der Waals surface area contributed by atoms with Gasteiger partial charge in [-0.15, -0.1) is 0 Å². The lowest BCUT2D eigenvalue weighted by atomic mass is 10.1. The highest BCUT2D eigenvalue weighted by molar-refractivity contribution is 6.36. The number of carbonyl (C=O) groups excluding carboxylic acids is 1. The second kappa shape index (κ2) is 7.00. The first-order valence-electron chi connectivity index (χ1n) is 5.69. The Labute approximate surface area is 112 Å². The van der Waals surface area contributed by atoms with Crippen molar-refractivity contribution in [1.82, 2.24) is 5.32 Å². The Morgan fingerprint density at radius 3 is 2.65 bits per heavy atom. The maximum absolute atomic E-state index is 11.8. The Morgan fingerprint density at radius 2 is 2.06 bits per heavy atom. The number of halogens is 2. The standard InChI is InChI=1S/C13H17Cl2NO/c1-9(2)5-6-16-8-13(17)11-4-3-10(14)7-12(11)15/h3-4,7,9,16H,5-6,8H2,1-2H3. The highest BCUT2D eigenvalue weighted by Crippen LogP contribution is 2.21. The van der Waals surface area contributed by atoms with Crippen molar-refractivity contribution < 1.29 is 4.79 Å². The number of rotatable bonds is 6. The molecule has 0 aliphatic carbocycles. The van der Waals surface area contributed by atoms with Crippen LogP contribution < -0.4 is 5.32 Å². The number of hydrogen-bond acceptors (Lipinski definition) is 2. The van der Waals surface area contributed by atoms with Gasteiger partial charge in [0.25, 0.3) is 0 Å². The molecule has 4 heteroatoms. The summed E-state index contributed by atoms with van der Waals surface area (Å²) in [6.07, 6.45) is 1.06. The number of nitrogens with one attached hydrogen (secondary N) is 1. The fourth-order valence-electron chi connectivity index (χ4n) is 1.40. The van der Waals surface area contributed by atoms with Crippen LogP contribution in [0.1, 0.15) is 30.6 Å². The second-order valence-electron chi connectivity index (χ2n) is 4.41. The summed E-state index contributed by atoms with van der Waals surface area (Å²) in [6, 6.07) is 4.93. The van der Waals surface area contributed by atoms with Gasteiger partial charge in [0.1, 0.15) is 0 Å². The van der Waals surface area contributed by atoms with E-state index in [9.17, 15) is 4.79 Å². The number of carbonyl (C=O) groups is 1. The topological polar surface area (TPSA) is 29.1 Å². The van der Waals surface area contributed by atoms with E-state index in [4.69, 9.17) is 23.2 Å². The molecule has 0 radical (unpaired) electrons. The molecule has 0 aliphatic rings. The summed E-state index contributed by atoms with van der Waals surface area (Å²) in [5.41, 5.74) is 0.521. The molecule has 0 aromatic heterocycles. The Bertz CT molecular complexity index is 391. The van der Waals surface area contributed by atoms with E-state index < -0.39 is 0 Å². The first-order valence-corrected chi connectivity index (χ1v) is 6.45. The summed E-state index contributed by atoms with van der Waals surface area (Å²) in [6.45, 7) is 5.46. The molecule has 94 valence electrons. The van der Waals surface area contributed by atoms with Crippen LogP contribution >= 0.6 is 23.2 Å². The van der Waals surface area contributed by atoms with Crippen molar-refractivity contribution in [2.24, 2.45) is 5.92 Å². The van der Waals surface area contributed by atoms with Crippen molar-refractivity contribution in [2.75, 3.05) is 13.1 Å². The largest absolute Gasteiger partial charge is 0.310 e. The summed E-state index contributed by atoms with van der Waals surface area (Å²) in [5.74, 6) is 0.632. The number of Topliss-reactive ketones (excluding diaryl/α,β-unsaturated/α-hetero) is 1. The summed E-state index contributed by atoms with van der Waals surface area (Å²) < 4.78 is 0. The van der Waals surface area contributed by atoms with Crippen molar-refractivity contribution in [3.63, 3.8) is 0 Å². The average molecular weight is 274 g/mol. The third-order valence-electron chi connectivity index (χ3n) is 2.42. The van der Waals surface area contributed by atoms with Crippen LogP contribution in [0.4, 0.5) is 0 Å². The first kappa shape index (κ1) is 14.5. The van der Waals surface area contributed by atoms with Crippen LogP contribution in [0.15, 0.2) is 18.2 Å². The van der Waals surface area contributed by atoms with Gasteiger partial charge in [-0.2, -0.15) is 0 Å². The lowest BCUT2D eigenvalue weighted by molar-refractivity contribution is 0.0991. The third kappa shape index (κ3) is 5.07. The molecule has 0 heterocycles. The molecule has 0 saturated heterocycles. The van der Waals surface area contributed by atoms with E-state index in [2.05, 4.69) is 19.2 Å². The fourth-order valence-corrected chi connectivity index (χ4v) is 1.92. The van der Waals surface area contributed by atoms with E-state index in [0.29, 0.717) is 28.1 Å². The average Bonchev–Trinajstić information content (AvgIpc) is 2.23. The van der Waals surface area contributed by atoms with E-state index in [-0.39, 0.29) is 5.78 Å². The molecule has 0 spiro atoms. The molecular weight excluding hydrogens is 257 g/mol. The molecule has 0 saturated carbocycles. The zero-order chi connectivity index (χ0) is 12.8. The number of ketones is 1. The van der Waals surface area contributed by atoms with Crippen molar-refractivity contribution in [1.29, 1.82) is 0 Å². The molecule has 1 aromatic carbocycles. The molecule has 0 fully saturated rings. The van der Waals surface area contributed by atoms with Gasteiger partial charge in [-0.05, 0) is 37.1 Å². The van der Waals surface area contributed by atoms with Crippen LogP contribution in [0, 0.1) is 5.92 Å². The lowest BCUT2D eigenvalue weighted by Gasteiger charge is -2.07. The highest BCUT2D eigenvalue weighted by Gasteiger charge is 2.10. The van der Waals surface area contributed by atoms with Crippen LogP contribution in [0.2, 0.25) is 10.0 Å². The van der Waals surface area contributed by atoms with Crippen LogP contribution in [0.5, 0.6) is 0 Å². The first-order chi connectivity index (χ1) is 8.00. The second-order valence-corrected chi connectivity index (χ2v) is 5.25. The monoisotopic (exact) mass is 273 g/mol. The van der Waals surface area contributed by atoms with E-state index in [1.165, 1.54) is 0 Å². The smallest absolute Gasteiger partial charge is 0.178 e. The molecule has 1 aromatic rings. The molecule has 0 atom stereocenters.